The minimum atomic E-state index is -2.36. The molecule has 102 valence electrons. The summed E-state index contributed by atoms with van der Waals surface area (Å²) in [5.41, 5.74) is 0. The van der Waals surface area contributed by atoms with Gasteiger partial charge in [0.2, 0.25) is 0 Å². The van der Waals surface area contributed by atoms with Gasteiger partial charge in [-0.3, -0.25) is 0 Å². The van der Waals surface area contributed by atoms with E-state index in [4.69, 9.17) is 5.11 Å². The number of unbranched alkanes of at least 4 members (excludes halogenated alkanes) is 3. The molecular weight excluding hydrogens is 226 g/mol. The molecule has 0 fully saturated rings. The van der Waals surface area contributed by atoms with Gasteiger partial charge in [0.15, 0.2) is 5.79 Å². The average Bonchev–Trinajstić information content (AvgIpc) is 2.29. The highest BCUT2D eigenvalue weighted by molar-refractivity contribution is 4.82. The first-order valence-corrected chi connectivity index (χ1v) is 6.02. The number of aliphatic hydroxyl groups excluding tert-OH is 2. The number of hydrogen-bond acceptors (Lipinski definition) is 6. The van der Waals surface area contributed by atoms with E-state index in [0.29, 0.717) is 12.8 Å². The lowest BCUT2D eigenvalue weighted by atomic mass is 9.87. The molecule has 0 spiro atoms. The van der Waals surface area contributed by atoms with Crippen LogP contribution in [0.5, 0.6) is 0 Å². The Kier molecular flexibility index (Phi) is 8.24. The molecule has 0 aliphatic heterocycles. The second kappa shape index (κ2) is 8.52. The summed E-state index contributed by atoms with van der Waals surface area (Å²) < 4.78 is 0. The van der Waals surface area contributed by atoms with Crippen molar-refractivity contribution in [2.24, 2.45) is 11.1 Å². The highest BCUT2D eigenvalue weighted by Crippen LogP contribution is 2.25. The Hall–Kier alpha value is -0.560. The summed E-state index contributed by atoms with van der Waals surface area (Å²) in [5, 5.41) is 40.1. The van der Waals surface area contributed by atoms with Crippen LogP contribution < -0.4 is 0 Å². The summed E-state index contributed by atoms with van der Waals surface area (Å²) >= 11 is 0. The van der Waals surface area contributed by atoms with Gasteiger partial charge in [0.05, 0.1) is 12.7 Å². The fraction of sp³-hybridized carbons (Fsp3) is 1.00. The van der Waals surface area contributed by atoms with E-state index in [1.807, 2.05) is 0 Å². The first-order valence-electron chi connectivity index (χ1n) is 6.02. The minimum Gasteiger partial charge on any atom is -0.391 e. The molecule has 0 aliphatic carbocycles. The lowest BCUT2D eigenvalue weighted by molar-refractivity contribution is -0.241. The molecule has 0 aromatic carbocycles. The molecule has 6 heteroatoms. The maximum absolute atomic E-state index is 10.1. The molecule has 0 saturated heterocycles. The number of rotatable bonds is 10. The predicted molar refractivity (Wildman–Crippen MR) is 63.2 cm³/mol. The number of aliphatic hydroxyl groups is 4. The summed E-state index contributed by atoms with van der Waals surface area (Å²) in [7, 11) is 0. The van der Waals surface area contributed by atoms with Crippen LogP contribution in [-0.4, -0.2) is 45.5 Å². The van der Waals surface area contributed by atoms with Crippen LogP contribution in [0.3, 0.4) is 0 Å². The van der Waals surface area contributed by atoms with E-state index >= 15 is 0 Å². The van der Waals surface area contributed by atoms with Gasteiger partial charge in [-0.2, -0.15) is 4.91 Å². The summed E-state index contributed by atoms with van der Waals surface area (Å²) in [4.78, 5) is 10.1. The maximum Gasteiger partial charge on any atom is 0.191 e. The maximum atomic E-state index is 10.1. The van der Waals surface area contributed by atoms with E-state index in [2.05, 4.69) is 12.1 Å². The van der Waals surface area contributed by atoms with E-state index in [1.165, 1.54) is 0 Å². The van der Waals surface area contributed by atoms with Gasteiger partial charge in [-0.05, 0) is 6.42 Å². The summed E-state index contributed by atoms with van der Waals surface area (Å²) in [6.07, 6.45) is 2.79. The summed E-state index contributed by atoms with van der Waals surface area (Å²) in [6.45, 7) is 0.779. The first kappa shape index (κ1) is 16.4. The van der Waals surface area contributed by atoms with Gasteiger partial charge < -0.3 is 20.4 Å². The zero-order valence-electron chi connectivity index (χ0n) is 10.2. The van der Waals surface area contributed by atoms with Crippen molar-refractivity contribution in [1.82, 2.24) is 0 Å². The zero-order chi connectivity index (χ0) is 13.3. The zero-order valence-corrected chi connectivity index (χ0v) is 10.2. The molecule has 6 nitrogen and oxygen atoms in total. The van der Waals surface area contributed by atoms with Crippen LogP contribution in [0.2, 0.25) is 0 Å². The first-order chi connectivity index (χ1) is 7.99. The van der Waals surface area contributed by atoms with Gasteiger partial charge in [-0.15, -0.1) is 0 Å². The van der Waals surface area contributed by atoms with Crippen molar-refractivity contribution < 1.29 is 20.4 Å². The molecule has 0 saturated carbocycles. The number of nitrogens with zero attached hydrogens (tertiary/aromatic N) is 1. The topological polar surface area (TPSA) is 110 Å². The summed E-state index contributed by atoms with van der Waals surface area (Å²) in [6, 6.07) is 0. The van der Waals surface area contributed by atoms with E-state index in [9.17, 15) is 20.2 Å². The predicted octanol–water partition coefficient (Wildman–Crippen LogP) is 0.373. The molecule has 0 amide bonds. The van der Waals surface area contributed by atoms with Crippen molar-refractivity contribution in [3.63, 3.8) is 0 Å². The smallest absolute Gasteiger partial charge is 0.191 e. The van der Waals surface area contributed by atoms with Crippen LogP contribution in [0.15, 0.2) is 5.18 Å². The van der Waals surface area contributed by atoms with Crippen molar-refractivity contribution in [3.8, 4) is 0 Å². The third-order valence-corrected chi connectivity index (χ3v) is 2.92. The third kappa shape index (κ3) is 6.07. The molecule has 2 unspecified atom stereocenters. The Morgan fingerprint density at radius 2 is 1.88 bits per heavy atom. The number of hydrogen-bond donors (Lipinski definition) is 4. The molecule has 0 aromatic heterocycles. The van der Waals surface area contributed by atoms with Crippen molar-refractivity contribution >= 4 is 0 Å². The highest BCUT2D eigenvalue weighted by atomic mass is 16.5. The van der Waals surface area contributed by atoms with Crippen LogP contribution >= 0.6 is 0 Å². The SMILES string of the molecule is CCCCCCC(C(O)CN=O)C(O)(O)CO. The van der Waals surface area contributed by atoms with Crippen molar-refractivity contribution in [1.29, 1.82) is 0 Å². The van der Waals surface area contributed by atoms with Crippen LogP contribution in [0.25, 0.3) is 0 Å². The van der Waals surface area contributed by atoms with Gasteiger partial charge in [0.1, 0.15) is 6.54 Å². The molecule has 0 aromatic rings. The number of nitroso groups, excluding NO2 is 1. The monoisotopic (exact) mass is 249 g/mol. The molecule has 2 atom stereocenters. The fourth-order valence-corrected chi connectivity index (χ4v) is 1.84. The van der Waals surface area contributed by atoms with E-state index in [-0.39, 0.29) is 0 Å². The van der Waals surface area contributed by atoms with E-state index < -0.39 is 31.0 Å². The molecule has 0 radical (unpaired) electrons. The molecule has 0 heterocycles. The van der Waals surface area contributed by atoms with E-state index in [0.717, 1.165) is 19.3 Å². The van der Waals surface area contributed by atoms with Crippen molar-refractivity contribution in [2.75, 3.05) is 13.2 Å². The van der Waals surface area contributed by atoms with Gasteiger partial charge >= 0.3 is 0 Å². The Labute approximate surface area is 101 Å². The normalized spacial score (nSPS) is 15.6. The van der Waals surface area contributed by atoms with Gasteiger partial charge in [-0.25, -0.2) is 0 Å². The Morgan fingerprint density at radius 1 is 1.24 bits per heavy atom. The molecule has 4 N–H and O–H groups in total. The largest absolute Gasteiger partial charge is 0.391 e. The van der Waals surface area contributed by atoms with Crippen LogP contribution in [-0.2, 0) is 0 Å². The standard InChI is InChI=1S/C11H23NO5/c1-2-3-4-5-6-9(10(14)7-12-17)11(15,16)8-13/h9-10,13-16H,2-8H2,1H3. The second-order valence-corrected chi connectivity index (χ2v) is 4.37. The third-order valence-electron chi connectivity index (χ3n) is 2.92. The van der Waals surface area contributed by atoms with E-state index in [1.54, 1.807) is 0 Å². The van der Waals surface area contributed by atoms with Crippen LogP contribution in [0.1, 0.15) is 39.0 Å². The van der Waals surface area contributed by atoms with Gasteiger partial charge in [0.25, 0.3) is 0 Å². The average molecular weight is 249 g/mol. The lowest BCUT2D eigenvalue weighted by Crippen LogP contribution is -2.48. The van der Waals surface area contributed by atoms with Gasteiger partial charge in [0, 0.05) is 5.92 Å². The van der Waals surface area contributed by atoms with Crippen LogP contribution in [0.4, 0.5) is 0 Å². The molecule has 0 rings (SSSR count). The molecular formula is C11H23NO5. The Morgan fingerprint density at radius 3 is 2.35 bits per heavy atom. The molecule has 17 heavy (non-hydrogen) atoms. The van der Waals surface area contributed by atoms with Crippen LogP contribution in [0, 0.1) is 10.8 Å². The minimum absolute atomic E-state index is 0.338. The van der Waals surface area contributed by atoms with Crippen molar-refractivity contribution in [2.45, 2.75) is 50.9 Å². The second-order valence-electron chi connectivity index (χ2n) is 4.37. The Bertz CT molecular complexity index is 210. The molecule has 0 bridgehead atoms. The highest BCUT2D eigenvalue weighted by Gasteiger charge is 2.38. The Balaban J connectivity index is 4.35. The fourth-order valence-electron chi connectivity index (χ4n) is 1.84. The van der Waals surface area contributed by atoms with Crippen molar-refractivity contribution in [3.05, 3.63) is 4.91 Å². The molecule has 0 aliphatic rings. The summed E-state index contributed by atoms with van der Waals surface area (Å²) in [5.74, 6) is -3.32. The van der Waals surface area contributed by atoms with Gasteiger partial charge in [-0.1, -0.05) is 37.8 Å². The quantitative estimate of drug-likeness (QED) is 0.254. The lowest BCUT2D eigenvalue weighted by Gasteiger charge is -2.32.